The standard InChI is InChI=1S/C12H14BrNO3/c13-11-10(2-1-5-14-11)12(15)17-8-9-3-6-16-7-4-9/h1-2,5,9H,3-4,6-8H2. The summed E-state index contributed by atoms with van der Waals surface area (Å²) in [5, 5.41) is 0. The van der Waals surface area contributed by atoms with Gasteiger partial charge in [-0.3, -0.25) is 0 Å². The summed E-state index contributed by atoms with van der Waals surface area (Å²) in [5.74, 6) is 0.0969. The minimum Gasteiger partial charge on any atom is -0.462 e. The first kappa shape index (κ1) is 12.5. The molecule has 5 heteroatoms. The zero-order valence-electron chi connectivity index (χ0n) is 9.39. The molecule has 2 heterocycles. The van der Waals surface area contributed by atoms with Gasteiger partial charge in [-0.05, 0) is 46.8 Å². The van der Waals surface area contributed by atoms with E-state index in [9.17, 15) is 4.79 Å². The normalized spacial score (nSPS) is 16.8. The zero-order valence-corrected chi connectivity index (χ0v) is 11.0. The predicted molar refractivity (Wildman–Crippen MR) is 65.8 cm³/mol. The highest BCUT2D eigenvalue weighted by atomic mass is 79.9. The van der Waals surface area contributed by atoms with Crippen molar-refractivity contribution in [2.24, 2.45) is 5.92 Å². The molecule has 0 N–H and O–H groups in total. The van der Waals surface area contributed by atoms with Crippen LogP contribution in [0.5, 0.6) is 0 Å². The summed E-state index contributed by atoms with van der Waals surface area (Å²) in [6.45, 7) is 1.99. The molecule has 0 unspecified atom stereocenters. The molecule has 0 saturated carbocycles. The highest BCUT2D eigenvalue weighted by molar-refractivity contribution is 9.10. The molecule has 1 aliphatic rings. The van der Waals surface area contributed by atoms with E-state index in [1.165, 1.54) is 0 Å². The van der Waals surface area contributed by atoms with Gasteiger partial charge in [0.2, 0.25) is 0 Å². The van der Waals surface area contributed by atoms with Gasteiger partial charge in [0, 0.05) is 19.4 Å². The van der Waals surface area contributed by atoms with E-state index in [1.54, 1.807) is 18.3 Å². The molecule has 0 radical (unpaired) electrons. The summed E-state index contributed by atoms with van der Waals surface area (Å²) in [7, 11) is 0. The van der Waals surface area contributed by atoms with Gasteiger partial charge in [-0.25, -0.2) is 9.78 Å². The van der Waals surface area contributed by atoms with Crippen molar-refractivity contribution >= 4 is 21.9 Å². The van der Waals surface area contributed by atoms with Crippen LogP contribution in [0.2, 0.25) is 0 Å². The molecule has 0 bridgehead atoms. The van der Waals surface area contributed by atoms with Gasteiger partial charge in [0.05, 0.1) is 12.2 Å². The number of pyridine rings is 1. The molecule has 4 nitrogen and oxygen atoms in total. The Bertz CT molecular complexity index is 391. The Morgan fingerprint density at radius 1 is 1.53 bits per heavy atom. The van der Waals surface area contributed by atoms with Crippen LogP contribution in [0.25, 0.3) is 0 Å². The Hall–Kier alpha value is -0.940. The van der Waals surface area contributed by atoms with Crippen molar-refractivity contribution in [2.75, 3.05) is 19.8 Å². The number of hydrogen-bond donors (Lipinski definition) is 0. The van der Waals surface area contributed by atoms with E-state index < -0.39 is 0 Å². The van der Waals surface area contributed by atoms with Crippen molar-refractivity contribution < 1.29 is 14.3 Å². The summed E-state index contributed by atoms with van der Waals surface area (Å²) in [6, 6.07) is 3.42. The largest absolute Gasteiger partial charge is 0.462 e. The number of nitrogens with zero attached hydrogens (tertiary/aromatic N) is 1. The molecule has 2 rings (SSSR count). The van der Waals surface area contributed by atoms with Gasteiger partial charge >= 0.3 is 5.97 Å². The van der Waals surface area contributed by atoms with Crippen molar-refractivity contribution in [1.29, 1.82) is 0 Å². The number of carbonyl (C=O) groups is 1. The highest BCUT2D eigenvalue weighted by Crippen LogP contribution is 2.17. The fraction of sp³-hybridized carbons (Fsp3) is 0.500. The Morgan fingerprint density at radius 2 is 2.29 bits per heavy atom. The highest BCUT2D eigenvalue weighted by Gasteiger charge is 2.17. The van der Waals surface area contributed by atoms with E-state index >= 15 is 0 Å². The molecule has 1 saturated heterocycles. The van der Waals surface area contributed by atoms with Gasteiger partial charge in [0.25, 0.3) is 0 Å². The predicted octanol–water partition coefficient (Wildman–Crippen LogP) is 2.43. The third kappa shape index (κ3) is 3.51. The summed E-state index contributed by atoms with van der Waals surface area (Å²) >= 11 is 3.23. The summed E-state index contributed by atoms with van der Waals surface area (Å²) in [5.41, 5.74) is 0.472. The number of rotatable bonds is 3. The van der Waals surface area contributed by atoms with E-state index in [1.807, 2.05) is 0 Å². The van der Waals surface area contributed by atoms with Crippen LogP contribution in [0.15, 0.2) is 22.9 Å². The van der Waals surface area contributed by atoms with E-state index in [4.69, 9.17) is 9.47 Å². The fourth-order valence-electron chi connectivity index (χ4n) is 1.72. The van der Waals surface area contributed by atoms with Crippen LogP contribution >= 0.6 is 15.9 Å². The molecule has 0 amide bonds. The number of hydrogen-bond acceptors (Lipinski definition) is 4. The van der Waals surface area contributed by atoms with Crippen LogP contribution in [0.3, 0.4) is 0 Å². The van der Waals surface area contributed by atoms with Gasteiger partial charge in [0.15, 0.2) is 0 Å². The molecular weight excluding hydrogens is 286 g/mol. The molecule has 1 aromatic rings. The Balaban J connectivity index is 1.87. The smallest absolute Gasteiger partial charge is 0.340 e. The van der Waals surface area contributed by atoms with E-state index in [2.05, 4.69) is 20.9 Å². The minimum atomic E-state index is -0.323. The molecule has 1 fully saturated rings. The lowest BCUT2D eigenvalue weighted by Gasteiger charge is -2.21. The maximum absolute atomic E-state index is 11.8. The molecular formula is C12H14BrNO3. The van der Waals surface area contributed by atoms with Crippen LogP contribution in [0.1, 0.15) is 23.2 Å². The van der Waals surface area contributed by atoms with E-state index in [-0.39, 0.29) is 5.97 Å². The molecule has 1 aliphatic heterocycles. The quantitative estimate of drug-likeness (QED) is 0.635. The first-order chi connectivity index (χ1) is 8.27. The second-order valence-electron chi connectivity index (χ2n) is 4.00. The fourth-order valence-corrected chi connectivity index (χ4v) is 2.13. The Labute approximate surface area is 108 Å². The van der Waals surface area contributed by atoms with Crippen LogP contribution < -0.4 is 0 Å². The molecule has 0 aliphatic carbocycles. The topological polar surface area (TPSA) is 48.4 Å². The number of halogens is 1. The van der Waals surface area contributed by atoms with Crippen molar-refractivity contribution in [2.45, 2.75) is 12.8 Å². The lowest BCUT2D eigenvalue weighted by atomic mass is 10.0. The molecule has 0 atom stereocenters. The van der Waals surface area contributed by atoms with Gasteiger partial charge < -0.3 is 9.47 Å². The van der Waals surface area contributed by atoms with Gasteiger partial charge in [-0.1, -0.05) is 0 Å². The lowest BCUT2D eigenvalue weighted by Crippen LogP contribution is -2.22. The Morgan fingerprint density at radius 3 is 3.00 bits per heavy atom. The average molecular weight is 300 g/mol. The molecule has 0 aromatic carbocycles. The first-order valence-electron chi connectivity index (χ1n) is 5.63. The summed E-state index contributed by atoms with van der Waals surface area (Å²) in [6.07, 6.45) is 3.54. The van der Waals surface area contributed by atoms with Crippen LogP contribution in [-0.2, 0) is 9.47 Å². The minimum absolute atomic E-state index is 0.323. The first-order valence-corrected chi connectivity index (χ1v) is 6.42. The van der Waals surface area contributed by atoms with Crippen LogP contribution in [0, 0.1) is 5.92 Å². The zero-order chi connectivity index (χ0) is 12.1. The molecule has 1 aromatic heterocycles. The average Bonchev–Trinajstić information content (AvgIpc) is 2.38. The van der Waals surface area contributed by atoms with Crippen LogP contribution in [0.4, 0.5) is 0 Å². The van der Waals surface area contributed by atoms with E-state index in [0.29, 0.717) is 22.7 Å². The Kier molecular flexibility index (Phi) is 4.50. The number of esters is 1. The summed E-state index contributed by atoms with van der Waals surface area (Å²) < 4.78 is 11.1. The number of carbonyl (C=O) groups excluding carboxylic acids is 1. The van der Waals surface area contributed by atoms with Gasteiger partial charge in [-0.2, -0.15) is 0 Å². The third-order valence-corrected chi connectivity index (χ3v) is 3.40. The maximum Gasteiger partial charge on any atom is 0.340 e. The second-order valence-corrected chi connectivity index (χ2v) is 4.75. The van der Waals surface area contributed by atoms with Crippen molar-refractivity contribution in [3.63, 3.8) is 0 Å². The van der Waals surface area contributed by atoms with Gasteiger partial charge in [0.1, 0.15) is 4.60 Å². The maximum atomic E-state index is 11.8. The molecule has 0 spiro atoms. The van der Waals surface area contributed by atoms with E-state index in [0.717, 1.165) is 26.1 Å². The summed E-state index contributed by atoms with van der Waals surface area (Å²) in [4.78, 5) is 15.8. The monoisotopic (exact) mass is 299 g/mol. The molecule has 92 valence electrons. The molecule has 17 heavy (non-hydrogen) atoms. The SMILES string of the molecule is O=C(OCC1CCOCC1)c1cccnc1Br. The number of ether oxygens (including phenoxy) is 2. The third-order valence-electron chi connectivity index (χ3n) is 2.77. The number of aromatic nitrogens is 1. The second kappa shape index (κ2) is 6.12. The lowest BCUT2D eigenvalue weighted by molar-refractivity contribution is 0.0184. The van der Waals surface area contributed by atoms with Crippen molar-refractivity contribution in [3.05, 3.63) is 28.5 Å². The van der Waals surface area contributed by atoms with Crippen molar-refractivity contribution in [3.8, 4) is 0 Å². The van der Waals surface area contributed by atoms with Crippen molar-refractivity contribution in [1.82, 2.24) is 4.98 Å². The van der Waals surface area contributed by atoms with Crippen LogP contribution in [-0.4, -0.2) is 30.8 Å². The van der Waals surface area contributed by atoms with Gasteiger partial charge in [-0.15, -0.1) is 0 Å².